The number of ether oxygens (including phenoxy) is 2. The third-order valence-corrected chi connectivity index (χ3v) is 8.04. The van der Waals surface area contributed by atoms with Gasteiger partial charge in [0.15, 0.2) is 0 Å². The summed E-state index contributed by atoms with van der Waals surface area (Å²) in [7, 11) is -1.99. The highest BCUT2D eigenvalue weighted by Gasteiger charge is 2.54. The summed E-state index contributed by atoms with van der Waals surface area (Å²) in [6.45, 7) is 2.20. The second-order valence-electron chi connectivity index (χ2n) is 8.52. The summed E-state index contributed by atoms with van der Waals surface area (Å²) < 4.78 is 38.2. The van der Waals surface area contributed by atoms with Crippen molar-refractivity contribution in [1.29, 1.82) is 0 Å². The van der Waals surface area contributed by atoms with Crippen molar-refractivity contribution >= 4 is 16.0 Å². The molecule has 0 aliphatic carbocycles. The van der Waals surface area contributed by atoms with Gasteiger partial charge in [-0.15, -0.1) is 0 Å². The molecule has 2 heterocycles. The van der Waals surface area contributed by atoms with Crippen LogP contribution >= 0.6 is 0 Å². The Hall–Kier alpha value is -2.68. The minimum atomic E-state index is -3.52. The van der Waals surface area contributed by atoms with E-state index in [0.717, 1.165) is 11.1 Å². The molecular formula is C25H30N2O5S. The van der Waals surface area contributed by atoms with E-state index in [4.69, 9.17) is 9.47 Å². The summed E-state index contributed by atoms with van der Waals surface area (Å²) in [6.07, 6.45) is 2.08. The van der Waals surface area contributed by atoms with Crippen molar-refractivity contribution in [2.45, 2.75) is 19.6 Å². The molecule has 2 aliphatic heterocycles. The first-order valence-electron chi connectivity index (χ1n) is 11.1. The number of methoxy groups -OCH3 is 1. The number of nitrogens with zero attached hydrogens (tertiary/aromatic N) is 2. The van der Waals surface area contributed by atoms with Crippen LogP contribution in [0.2, 0.25) is 0 Å². The van der Waals surface area contributed by atoms with E-state index in [1.807, 2.05) is 54.6 Å². The van der Waals surface area contributed by atoms with Gasteiger partial charge < -0.3 is 9.47 Å². The Balaban J connectivity index is 1.64. The number of carbonyl (C=O) groups excluding carboxylic acids is 1. The van der Waals surface area contributed by atoms with Gasteiger partial charge in [-0.3, -0.25) is 14.0 Å². The molecule has 0 amide bonds. The Labute approximate surface area is 195 Å². The maximum absolute atomic E-state index is 13.6. The average Bonchev–Trinajstić information content (AvgIpc) is 2.83. The molecule has 1 atom stereocenters. The summed E-state index contributed by atoms with van der Waals surface area (Å²) >= 11 is 0. The zero-order chi connectivity index (χ0) is 23.3. The number of esters is 1. The number of benzene rings is 2. The van der Waals surface area contributed by atoms with E-state index in [-0.39, 0.29) is 37.9 Å². The predicted molar refractivity (Wildman–Crippen MR) is 125 cm³/mol. The summed E-state index contributed by atoms with van der Waals surface area (Å²) in [5, 5.41) is 0. The third kappa shape index (κ3) is 5.13. The summed E-state index contributed by atoms with van der Waals surface area (Å²) in [6, 6.07) is 19.6. The molecule has 8 heteroatoms. The van der Waals surface area contributed by atoms with Gasteiger partial charge in [0, 0.05) is 32.4 Å². The molecule has 2 aromatic rings. The minimum Gasteiger partial charge on any atom is -0.460 e. The molecule has 0 bridgehead atoms. The molecular weight excluding hydrogens is 440 g/mol. The Morgan fingerprint density at radius 2 is 1.70 bits per heavy atom. The molecule has 0 saturated carbocycles. The van der Waals surface area contributed by atoms with Gasteiger partial charge in [-0.2, -0.15) is 0 Å². The number of hydrogen-bond acceptors (Lipinski definition) is 6. The Morgan fingerprint density at radius 3 is 2.36 bits per heavy atom. The smallest absolute Gasteiger partial charge is 0.319 e. The molecule has 2 aromatic carbocycles. The van der Waals surface area contributed by atoms with Crippen LogP contribution in [0.5, 0.6) is 0 Å². The maximum atomic E-state index is 13.6. The SMILES string of the molecule is COCCN1C2=CCN(Cc3ccccc3)CC2(C(=O)OCc2ccccc2)CCS1(=O)=O. The van der Waals surface area contributed by atoms with E-state index in [2.05, 4.69) is 17.0 Å². The van der Waals surface area contributed by atoms with Gasteiger partial charge in [-0.1, -0.05) is 60.7 Å². The molecule has 1 unspecified atom stereocenters. The van der Waals surface area contributed by atoms with Crippen LogP contribution in [0.15, 0.2) is 72.4 Å². The van der Waals surface area contributed by atoms with Gasteiger partial charge in [0.1, 0.15) is 12.0 Å². The predicted octanol–water partition coefficient (Wildman–Crippen LogP) is 2.80. The molecule has 4 rings (SSSR count). The summed E-state index contributed by atoms with van der Waals surface area (Å²) in [4.78, 5) is 15.8. The van der Waals surface area contributed by atoms with Crippen LogP contribution in [-0.4, -0.2) is 62.7 Å². The van der Waals surface area contributed by atoms with Gasteiger partial charge in [0.05, 0.1) is 18.9 Å². The first kappa shape index (κ1) is 23.5. The molecule has 1 fully saturated rings. The summed E-state index contributed by atoms with van der Waals surface area (Å²) in [5.74, 6) is -0.485. The van der Waals surface area contributed by atoms with Crippen molar-refractivity contribution in [2.24, 2.45) is 5.41 Å². The molecule has 0 radical (unpaired) electrons. The van der Waals surface area contributed by atoms with E-state index < -0.39 is 15.4 Å². The molecule has 2 aliphatic rings. The van der Waals surface area contributed by atoms with Crippen molar-refractivity contribution in [2.75, 3.05) is 39.1 Å². The van der Waals surface area contributed by atoms with Crippen LogP contribution in [0.3, 0.4) is 0 Å². The van der Waals surface area contributed by atoms with Crippen molar-refractivity contribution in [3.8, 4) is 0 Å². The fourth-order valence-electron chi connectivity index (χ4n) is 4.58. The zero-order valence-corrected chi connectivity index (χ0v) is 19.7. The van der Waals surface area contributed by atoms with Crippen LogP contribution in [-0.2, 0) is 37.4 Å². The Morgan fingerprint density at radius 1 is 1.03 bits per heavy atom. The van der Waals surface area contributed by atoms with Crippen LogP contribution in [0.4, 0.5) is 0 Å². The number of sulfonamides is 1. The fraction of sp³-hybridized carbons (Fsp3) is 0.400. The fourth-order valence-corrected chi connectivity index (χ4v) is 6.31. The molecule has 0 spiro atoms. The van der Waals surface area contributed by atoms with Crippen LogP contribution < -0.4 is 0 Å². The van der Waals surface area contributed by atoms with Crippen molar-refractivity contribution in [1.82, 2.24) is 9.21 Å². The number of carbonyl (C=O) groups is 1. The monoisotopic (exact) mass is 470 g/mol. The number of rotatable bonds is 8. The first-order chi connectivity index (χ1) is 15.9. The molecule has 7 nitrogen and oxygen atoms in total. The molecule has 1 saturated heterocycles. The highest BCUT2D eigenvalue weighted by Crippen LogP contribution is 2.44. The lowest BCUT2D eigenvalue weighted by atomic mass is 9.78. The van der Waals surface area contributed by atoms with E-state index in [1.165, 1.54) is 11.4 Å². The van der Waals surface area contributed by atoms with Crippen molar-refractivity contribution < 1.29 is 22.7 Å². The number of fused-ring (bicyclic) bond motifs is 1. The second-order valence-corrected chi connectivity index (χ2v) is 10.5. The highest BCUT2D eigenvalue weighted by molar-refractivity contribution is 7.89. The molecule has 176 valence electrons. The lowest BCUT2D eigenvalue weighted by molar-refractivity contribution is -0.158. The summed E-state index contributed by atoms with van der Waals surface area (Å²) in [5.41, 5.74) is 1.51. The number of hydrogen-bond donors (Lipinski definition) is 0. The highest BCUT2D eigenvalue weighted by atomic mass is 32.2. The maximum Gasteiger partial charge on any atom is 0.319 e. The average molecular weight is 471 g/mol. The normalized spacial score (nSPS) is 22.3. The molecule has 33 heavy (non-hydrogen) atoms. The van der Waals surface area contributed by atoms with Gasteiger partial charge in [-0.25, -0.2) is 8.42 Å². The Kier molecular flexibility index (Phi) is 7.17. The quantitative estimate of drug-likeness (QED) is 0.553. The first-order valence-corrected chi connectivity index (χ1v) is 12.7. The lowest BCUT2D eigenvalue weighted by Crippen LogP contribution is -2.58. The van der Waals surface area contributed by atoms with E-state index in [9.17, 15) is 13.2 Å². The molecule has 0 N–H and O–H groups in total. The van der Waals surface area contributed by atoms with E-state index in [0.29, 0.717) is 25.3 Å². The van der Waals surface area contributed by atoms with Crippen LogP contribution in [0.25, 0.3) is 0 Å². The largest absolute Gasteiger partial charge is 0.460 e. The van der Waals surface area contributed by atoms with E-state index >= 15 is 0 Å². The van der Waals surface area contributed by atoms with Gasteiger partial charge in [0.25, 0.3) is 0 Å². The van der Waals surface area contributed by atoms with Gasteiger partial charge in [0.2, 0.25) is 10.0 Å². The lowest BCUT2D eigenvalue weighted by Gasteiger charge is -2.48. The topological polar surface area (TPSA) is 76.2 Å². The zero-order valence-electron chi connectivity index (χ0n) is 18.9. The minimum absolute atomic E-state index is 0.104. The molecule has 0 aromatic heterocycles. The van der Waals surface area contributed by atoms with Gasteiger partial charge >= 0.3 is 5.97 Å². The van der Waals surface area contributed by atoms with Gasteiger partial charge in [-0.05, 0) is 23.6 Å². The third-order valence-electron chi connectivity index (χ3n) is 6.27. The second kappa shape index (κ2) is 10.1. The van der Waals surface area contributed by atoms with Crippen molar-refractivity contribution in [3.63, 3.8) is 0 Å². The van der Waals surface area contributed by atoms with E-state index in [1.54, 1.807) is 0 Å². The van der Waals surface area contributed by atoms with Crippen LogP contribution in [0, 0.1) is 5.41 Å². The van der Waals surface area contributed by atoms with Crippen LogP contribution in [0.1, 0.15) is 17.5 Å². The Bertz CT molecular complexity index is 1090. The van der Waals surface area contributed by atoms with Crippen molar-refractivity contribution in [3.05, 3.63) is 83.6 Å². The standard InChI is InChI=1S/C25H30N2O5S/c1-31-16-15-27-23-12-14-26(18-21-8-4-2-5-9-21)20-25(23,13-17-33(27,29)30)24(28)32-19-22-10-6-3-7-11-22/h2-12H,13-20H2,1H3.